The molecule has 3 aromatic rings. The normalized spacial score (nSPS) is 10.5. The number of hydrogen-bond acceptors (Lipinski definition) is 4. The molecule has 0 unspecified atom stereocenters. The molecule has 0 bridgehead atoms. The minimum absolute atomic E-state index is 0.213. The summed E-state index contributed by atoms with van der Waals surface area (Å²) in [6.45, 7) is 4.73. The highest BCUT2D eigenvalue weighted by Crippen LogP contribution is 2.21. The second-order valence-corrected chi connectivity index (χ2v) is 6.96. The van der Waals surface area contributed by atoms with Gasteiger partial charge in [-0.25, -0.2) is 9.97 Å². The molecule has 0 aliphatic carbocycles. The third-order valence-corrected chi connectivity index (χ3v) is 4.71. The molecule has 0 saturated heterocycles. The SMILES string of the molecule is CCc1cccc(C)c1NC(=O)c1cnc(NCCc2cccc(Cl)c2)nc1. The molecule has 5 nitrogen and oxygen atoms in total. The van der Waals surface area contributed by atoms with Crippen LogP contribution in [0.2, 0.25) is 5.02 Å². The number of benzene rings is 2. The van der Waals surface area contributed by atoms with E-state index in [0.29, 0.717) is 18.1 Å². The molecule has 0 saturated carbocycles. The summed E-state index contributed by atoms with van der Waals surface area (Å²) in [6.07, 6.45) is 4.73. The van der Waals surface area contributed by atoms with Gasteiger partial charge in [0.1, 0.15) is 0 Å². The Hall–Kier alpha value is -2.92. The van der Waals surface area contributed by atoms with Crippen molar-refractivity contribution in [3.8, 4) is 0 Å². The Morgan fingerprint density at radius 2 is 1.86 bits per heavy atom. The third-order valence-electron chi connectivity index (χ3n) is 4.48. The molecule has 0 aliphatic heterocycles. The van der Waals surface area contributed by atoms with E-state index in [4.69, 9.17) is 11.6 Å². The van der Waals surface area contributed by atoms with Crippen molar-refractivity contribution in [1.29, 1.82) is 0 Å². The average Bonchev–Trinajstić information content (AvgIpc) is 2.70. The number of aryl methyl sites for hydroxylation is 2. The van der Waals surface area contributed by atoms with E-state index in [1.54, 1.807) is 0 Å². The summed E-state index contributed by atoms with van der Waals surface area (Å²) in [6, 6.07) is 13.7. The molecular formula is C22H23ClN4O. The summed E-state index contributed by atoms with van der Waals surface area (Å²) in [7, 11) is 0. The quantitative estimate of drug-likeness (QED) is 0.597. The van der Waals surface area contributed by atoms with E-state index in [9.17, 15) is 4.79 Å². The van der Waals surface area contributed by atoms with Crippen molar-refractivity contribution < 1.29 is 4.79 Å². The summed E-state index contributed by atoms with van der Waals surface area (Å²) in [4.78, 5) is 21.0. The second-order valence-electron chi connectivity index (χ2n) is 6.52. The molecule has 0 fully saturated rings. The predicted octanol–water partition coefficient (Wildman–Crippen LogP) is 4.91. The van der Waals surface area contributed by atoms with Crippen molar-refractivity contribution in [3.63, 3.8) is 0 Å². The number of hydrogen-bond donors (Lipinski definition) is 2. The minimum Gasteiger partial charge on any atom is -0.354 e. The molecule has 0 spiro atoms. The van der Waals surface area contributed by atoms with E-state index in [0.717, 1.165) is 40.2 Å². The van der Waals surface area contributed by atoms with Crippen molar-refractivity contribution in [2.45, 2.75) is 26.7 Å². The van der Waals surface area contributed by atoms with Crippen molar-refractivity contribution in [3.05, 3.63) is 82.1 Å². The Balaban J connectivity index is 1.59. The van der Waals surface area contributed by atoms with Gasteiger partial charge in [-0.15, -0.1) is 0 Å². The lowest BCUT2D eigenvalue weighted by atomic mass is 10.1. The standard InChI is InChI=1S/C22H23ClN4O/c1-3-17-8-4-6-15(2)20(17)27-21(28)18-13-25-22(26-14-18)24-11-10-16-7-5-9-19(23)12-16/h4-9,12-14H,3,10-11H2,1-2H3,(H,27,28)(H,24,25,26). The maximum Gasteiger partial charge on any atom is 0.258 e. The average molecular weight is 395 g/mol. The molecule has 1 amide bonds. The van der Waals surface area contributed by atoms with E-state index < -0.39 is 0 Å². The number of carbonyl (C=O) groups is 1. The van der Waals surface area contributed by atoms with Gasteiger partial charge in [0.05, 0.1) is 5.56 Å². The topological polar surface area (TPSA) is 66.9 Å². The number of amides is 1. The molecule has 144 valence electrons. The van der Waals surface area contributed by atoms with Crippen LogP contribution in [0.15, 0.2) is 54.9 Å². The van der Waals surface area contributed by atoms with E-state index in [1.807, 2.05) is 49.4 Å². The number of carbonyl (C=O) groups excluding carboxylic acids is 1. The Labute approximate surface area is 170 Å². The predicted molar refractivity (Wildman–Crippen MR) is 114 cm³/mol. The number of nitrogens with zero attached hydrogens (tertiary/aromatic N) is 2. The van der Waals surface area contributed by atoms with Gasteiger partial charge in [0, 0.05) is 29.6 Å². The van der Waals surface area contributed by atoms with Crippen LogP contribution in [-0.2, 0) is 12.8 Å². The summed E-state index contributed by atoms with van der Waals surface area (Å²) in [5.74, 6) is 0.276. The molecule has 0 aliphatic rings. The third kappa shape index (κ3) is 5.08. The fourth-order valence-corrected chi connectivity index (χ4v) is 3.15. The zero-order valence-corrected chi connectivity index (χ0v) is 16.8. The zero-order chi connectivity index (χ0) is 19.9. The molecule has 1 aromatic heterocycles. The highest BCUT2D eigenvalue weighted by atomic mass is 35.5. The van der Waals surface area contributed by atoms with Crippen LogP contribution in [-0.4, -0.2) is 22.4 Å². The molecule has 3 rings (SSSR count). The zero-order valence-electron chi connectivity index (χ0n) is 16.0. The van der Waals surface area contributed by atoms with E-state index in [-0.39, 0.29) is 5.91 Å². The largest absolute Gasteiger partial charge is 0.354 e. The molecule has 6 heteroatoms. The number of rotatable bonds is 7. The van der Waals surface area contributed by atoms with Crippen LogP contribution in [0.5, 0.6) is 0 Å². The Morgan fingerprint density at radius 3 is 2.57 bits per heavy atom. The first-order valence-electron chi connectivity index (χ1n) is 9.27. The maximum absolute atomic E-state index is 12.6. The summed E-state index contributed by atoms with van der Waals surface area (Å²) >= 11 is 5.99. The van der Waals surface area contributed by atoms with Crippen molar-refractivity contribution in [2.24, 2.45) is 0 Å². The Kier molecular flexibility index (Phi) is 6.61. The van der Waals surface area contributed by atoms with Crippen LogP contribution in [0.25, 0.3) is 0 Å². The van der Waals surface area contributed by atoms with Crippen LogP contribution in [0.3, 0.4) is 0 Å². The van der Waals surface area contributed by atoms with E-state index >= 15 is 0 Å². The fourth-order valence-electron chi connectivity index (χ4n) is 2.94. The Bertz CT molecular complexity index is 957. The van der Waals surface area contributed by atoms with Crippen LogP contribution in [0.4, 0.5) is 11.6 Å². The molecule has 2 aromatic carbocycles. The van der Waals surface area contributed by atoms with Gasteiger partial charge in [-0.05, 0) is 48.6 Å². The monoisotopic (exact) mass is 394 g/mol. The lowest BCUT2D eigenvalue weighted by Gasteiger charge is -2.13. The first kappa shape index (κ1) is 19.8. The van der Waals surface area contributed by atoms with E-state index in [1.165, 1.54) is 12.4 Å². The molecule has 0 radical (unpaired) electrons. The summed E-state index contributed by atoms with van der Waals surface area (Å²) < 4.78 is 0. The van der Waals surface area contributed by atoms with Crippen LogP contribution >= 0.6 is 11.6 Å². The van der Waals surface area contributed by atoms with Crippen LogP contribution < -0.4 is 10.6 Å². The maximum atomic E-state index is 12.6. The minimum atomic E-state index is -0.213. The molecule has 2 N–H and O–H groups in total. The van der Waals surface area contributed by atoms with Crippen LogP contribution in [0, 0.1) is 6.92 Å². The number of halogens is 1. The first-order valence-corrected chi connectivity index (χ1v) is 9.65. The highest BCUT2D eigenvalue weighted by molar-refractivity contribution is 6.30. The van der Waals surface area contributed by atoms with Crippen molar-refractivity contribution in [1.82, 2.24) is 9.97 Å². The van der Waals surface area contributed by atoms with Gasteiger partial charge in [0.25, 0.3) is 5.91 Å². The van der Waals surface area contributed by atoms with E-state index in [2.05, 4.69) is 27.5 Å². The van der Waals surface area contributed by atoms with Gasteiger partial charge < -0.3 is 10.6 Å². The van der Waals surface area contributed by atoms with Crippen molar-refractivity contribution in [2.75, 3.05) is 17.2 Å². The number of aromatic nitrogens is 2. The van der Waals surface area contributed by atoms with Gasteiger partial charge in [-0.2, -0.15) is 0 Å². The fraction of sp³-hybridized carbons (Fsp3) is 0.227. The van der Waals surface area contributed by atoms with Gasteiger partial charge in [-0.3, -0.25) is 4.79 Å². The summed E-state index contributed by atoms with van der Waals surface area (Å²) in [5.41, 5.74) is 4.56. The van der Waals surface area contributed by atoms with Gasteiger partial charge in [0.15, 0.2) is 0 Å². The number of anilines is 2. The lowest BCUT2D eigenvalue weighted by Crippen LogP contribution is -2.16. The second kappa shape index (κ2) is 9.33. The van der Waals surface area contributed by atoms with Crippen LogP contribution in [0.1, 0.15) is 34.0 Å². The molecule has 1 heterocycles. The Morgan fingerprint density at radius 1 is 1.11 bits per heavy atom. The number of nitrogens with one attached hydrogen (secondary N) is 2. The lowest BCUT2D eigenvalue weighted by molar-refractivity contribution is 0.102. The highest BCUT2D eigenvalue weighted by Gasteiger charge is 2.11. The molecular weight excluding hydrogens is 372 g/mol. The molecule has 0 atom stereocenters. The summed E-state index contributed by atoms with van der Waals surface area (Å²) in [5, 5.41) is 6.87. The molecule has 28 heavy (non-hydrogen) atoms. The van der Waals surface area contributed by atoms with Gasteiger partial charge >= 0.3 is 0 Å². The van der Waals surface area contributed by atoms with Crippen molar-refractivity contribution >= 4 is 29.1 Å². The van der Waals surface area contributed by atoms with Gasteiger partial charge in [0.2, 0.25) is 5.95 Å². The van der Waals surface area contributed by atoms with Gasteiger partial charge in [-0.1, -0.05) is 48.9 Å². The number of para-hydroxylation sites is 1. The smallest absolute Gasteiger partial charge is 0.258 e. The first-order chi connectivity index (χ1) is 13.6.